The van der Waals surface area contributed by atoms with Crippen molar-refractivity contribution in [2.75, 3.05) is 40.5 Å². The van der Waals surface area contributed by atoms with Gasteiger partial charge in [-0.2, -0.15) is 0 Å². The van der Waals surface area contributed by atoms with Gasteiger partial charge < -0.3 is 29.5 Å². The minimum atomic E-state index is -1.25. The molecule has 21 heavy (non-hydrogen) atoms. The second-order valence-electron chi connectivity index (χ2n) is 5.38. The molecule has 0 saturated carbocycles. The van der Waals surface area contributed by atoms with Gasteiger partial charge in [-0.05, 0) is 0 Å². The van der Waals surface area contributed by atoms with Crippen molar-refractivity contribution >= 4 is 12.0 Å². The maximum Gasteiger partial charge on any atom is 0.329 e. The second-order valence-corrected chi connectivity index (χ2v) is 5.38. The molecule has 0 spiro atoms. The highest BCUT2D eigenvalue weighted by atomic mass is 16.5. The van der Waals surface area contributed by atoms with Crippen LogP contribution in [0.3, 0.4) is 0 Å². The number of likely N-dealkylation sites (tertiary alicyclic amines) is 1. The molecule has 2 unspecified atom stereocenters. The van der Waals surface area contributed by atoms with E-state index in [0.29, 0.717) is 26.3 Å². The van der Waals surface area contributed by atoms with Crippen molar-refractivity contribution in [1.29, 1.82) is 0 Å². The van der Waals surface area contributed by atoms with Crippen molar-refractivity contribution in [3.8, 4) is 0 Å². The van der Waals surface area contributed by atoms with Gasteiger partial charge in [0.05, 0.1) is 13.1 Å². The Morgan fingerprint density at radius 1 is 1.19 bits per heavy atom. The molecular formula is C13H22N2O6. The lowest BCUT2D eigenvalue weighted by atomic mass is 9.90. The molecule has 2 N–H and O–H groups in total. The molecule has 2 rings (SSSR count). The summed E-state index contributed by atoms with van der Waals surface area (Å²) in [5.74, 6) is -1.02. The SMILES string of the molecule is COC1CN(C(=O)NC2(C(=O)O)CCOCC2)CC1OC. The minimum Gasteiger partial charge on any atom is -0.480 e. The Balaban J connectivity index is 2.01. The van der Waals surface area contributed by atoms with Crippen LogP contribution in [-0.2, 0) is 19.0 Å². The summed E-state index contributed by atoms with van der Waals surface area (Å²) in [5, 5.41) is 12.1. The van der Waals surface area contributed by atoms with Gasteiger partial charge in [0, 0.05) is 40.3 Å². The van der Waals surface area contributed by atoms with Crippen molar-refractivity contribution in [2.24, 2.45) is 0 Å². The number of hydrogen-bond donors (Lipinski definition) is 2. The van der Waals surface area contributed by atoms with Gasteiger partial charge in [0.2, 0.25) is 0 Å². The summed E-state index contributed by atoms with van der Waals surface area (Å²) in [5.41, 5.74) is -1.25. The third kappa shape index (κ3) is 3.28. The predicted octanol–water partition coefficient (Wildman–Crippen LogP) is -0.325. The smallest absolute Gasteiger partial charge is 0.329 e. The molecule has 2 heterocycles. The minimum absolute atomic E-state index is 0.198. The number of aliphatic carboxylic acids is 1. The Morgan fingerprint density at radius 2 is 1.71 bits per heavy atom. The van der Waals surface area contributed by atoms with Crippen molar-refractivity contribution < 1.29 is 28.9 Å². The number of carboxylic acids is 1. The van der Waals surface area contributed by atoms with Crippen LogP contribution in [0, 0.1) is 0 Å². The molecule has 2 saturated heterocycles. The number of carbonyl (C=O) groups is 2. The third-order valence-corrected chi connectivity index (χ3v) is 4.21. The topological polar surface area (TPSA) is 97.3 Å². The first-order valence-electron chi connectivity index (χ1n) is 6.96. The molecule has 2 amide bonds. The predicted molar refractivity (Wildman–Crippen MR) is 72.1 cm³/mol. The number of carboxylic acid groups (broad SMARTS) is 1. The number of rotatable bonds is 4. The first-order valence-corrected chi connectivity index (χ1v) is 6.96. The van der Waals surface area contributed by atoms with E-state index in [1.165, 1.54) is 4.90 Å². The zero-order valence-corrected chi connectivity index (χ0v) is 12.3. The molecule has 8 heteroatoms. The van der Waals surface area contributed by atoms with Gasteiger partial charge in [-0.15, -0.1) is 0 Å². The van der Waals surface area contributed by atoms with Crippen LogP contribution in [0.5, 0.6) is 0 Å². The molecule has 0 aromatic rings. The number of carbonyl (C=O) groups excluding carboxylic acids is 1. The maximum absolute atomic E-state index is 12.3. The summed E-state index contributed by atoms with van der Waals surface area (Å²) >= 11 is 0. The van der Waals surface area contributed by atoms with E-state index in [1.54, 1.807) is 14.2 Å². The normalized spacial score (nSPS) is 28.4. The highest BCUT2D eigenvalue weighted by Gasteiger charge is 2.44. The van der Waals surface area contributed by atoms with E-state index in [2.05, 4.69) is 5.32 Å². The number of hydrogen-bond acceptors (Lipinski definition) is 5. The summed E-state index contributed by atoms with van der Waals surface area (Å²) in [6.45, 7) is 1.42. The van der Waals surface area contributed by atoms with E-state index < -0.39 is 17.5 Å². The van der Waals surface area contributed by atoms with Crippen molar-refractivity contribution in [1.82, 2.24) is 10.2 Å². The molecule has 0 aliphatic carbocycles. The summed E-state index contributed by atoms with van der Waals surface area (Å²) in [6, 6.07) is -0.402. The fraction of sp³-hybridized carbons (Fsp3) is 0.846. The number of ether oxygens (including phenoxy) is 3. The van der Waals surface area contributed by atoms with Crippen LogP contribution in [0.1, 0.15) is 12.8 Å². The number of nitrogens with zero attached hydrogens (tertiary/aromatic N) is 1. The lowest BCUT2D eigenvalue weighted by Crippen LogP contribution is -2.60. The Labute approximate surface area is 123 Å². The zero-order valence-electron chi connectivity index (χ0n) is 12.3. The summed E-state index contributed by atoms with van der Waals surface area (Å²) in [6.07, 6.45) is 0.138. The van der Waals surface area contributed by atoms with Crippen LogP contribution in [0.25, 0.3) is 0 Å². The Bertz CT molecular complexity index is 384. The molecule has 0 aromatic carbocycles. The maximum atomic E-state index is 12.3. The number of urea groups is 1. The largest absolute Gasteiger partial charge is 0.480 e. The number of amides is 2. The average Bonchev–Trinajstić information content (AvgIpc) is 2.91. The zero-order chi connectivity index (χ0) is 15.5. The monoisotopic (exact) mass is 302 g/mol. The van der Waals surface area contributed by atoms with Gasteiger partial charge in [-0.3, -0.25) is 0 Å². The molecule has 0 radical (unpaired) electrons. The van der Waals surface area contributed by atoms with Crippen LogP contribution in [0.2, 0.25) is 0 Å². The highest BCUT2D eigenvalue weighted by Crippen LogP contribution is 2.23. The first-order chi connectivity index (χ1) is 10.0. The fourth-order valence-electron chi connectivity index (χ4n) is 2.76. The average molecular weight is 302 g/mol. The first kappa shape index (κ1) is 16.0. The van der Waals surface area contributed by atoms with Crippen molar-refractivity contribution in [3.05, 3.63) is 0 Å². The standard InChI is InChI=1S/C13H22N2O6/c1-19-9-7-15(8-10(9)20-2)12(18)14-13(11(16)17)3-5-21-6-4-13/h9-10H,3-8H2,1-2H3,(H,14,18)(H,16,17). The second kappa shape index (κ2) is 6.59. The van der Waals surface area contributed by atoms with Crippen LogP contribution >= 0.6 is 0 Å². The van der Waals surface area contributed by atoms with Gasteiger partial charge in [0.15, 0.2) is 0 Å². The van der Waals surface area contributed by atoms with E-state index >= 15 is 0 Å². The molecule has 2 fully saturated rings. The van der Waals surface area contributed by atoms with Crippen LogP contribution in [0.15, 0.2) is 0 Å². The molecule has 2 aliphatic rings. The lowest BCUT2D eigenvalue weighted by Gasteiger charge is -2.35. The Kier molecular flexibility index (Phi) is 5.02. The molecule has 0 bridgehead atoms. The summed E-state index contributed by atoms with van der Waals surface area (Å²) in [4.78, 5) is 25.4. The van der Waals surface area contributed by atoms with Crippen LogP contribution in [-0.4, -0.2) is 80.3 Å². The van der Waals surface area contributed by atoms with E-state index in [0.717, 1.165) is 0 Å². The summed E-state index contributed by atoms with van der Waals surface area (Å²) < 4.78 is 15.7. The highest BCUT2D eigenvalue weighted by molar-refractivity contribution is 5.86. The van der Waals surface area contributed by atoms with Gasteiger partial charge in [0.25, 0.3) is 0 Å². The van der Waals surface area contributed by atoms with E-state index in [-0.39, 0.29) is 25.0 Å². The fourth-order valence-corrected chi connectivity index (χ4v) is 2.76. The molecular weight excluding hydrogens is 280 g/mol. The van der Waals surface area contributed by atoms with Crippen LogP contribution in [0.4, 0.5) is 4.79 Å². The Morgan fingerprint density at radius 3 is 2.14 bits per heavy atom. The summed E-state index contributed by atoms with van der Waals surface area (Å²) in [7, 11) is 3.13. The molecule has 120 valence electrons. The number of methoxy groups -OCH3 is 2. The molecule has 2 atom stereocenters. The van der Waals surface area contributed by atoms with E-state index in [9.17, 15) is 14.7 Å². The van der Waals surface area contributed by atoms with E-state index in [1.807, 2.05) is 0 Å². The Hall–Kier alpha value is -1.38. The van der Waals surface area contributed by atoms with Gasteiger partial charge in [-0.25, -0.2) is 9.59 Å². The van der Waals surface area contributed by atoms with Crippen LogP contribution < -0.4 is 5.32 Å². The van der Waals surface area contributed by atoms with Gasteiger partial charge in [-0.1, -0.05) is 0 Å². The van der Waals surface area contributed by atoms with Crippen molar-refractivity contribution in [3.63, 3.8) is 0 Å². The van der Waals surface area contributed by atoms with Gasteiger partial charge >= 0.3 is 12.0 Å². The quantitative estimate of drug-likeness (QED) is 0.738. The molecule has 2 aliphatic heterocycles. The van der Waals surface area contributed by atoms with E-state index in [4.69, 9.17) is 14.2 Å². The number of nitrogens with one attached hydrogen (secondary N) is 1. The lowest BCUT2D eigenvalue weighted by molar-refractivity contribution is -0.148. The third-order valence-electron chi connectivity index (χ3n) is 4.21. The molecule has 8 nitrogen and oxygen atoms in total. The molecule has 0 aromatic heterocycles. The van der Waals surface area contributed by atoms with Gasteiger partial charge in [0.1, 0.15) is 17.7 Å². The van der Waals surface area contributed by atoms with Crippen molar-refractivity contribution in [2.45, 2.75) is 30.6 Å².